The van der Waals surface area contributed by atoms with Crippen LogP contribution in [0.3, 0.4) is 0 Å². The molecule has 6 heteroatoms. The summed E-state index contributed by atoms with van der Waals surface area (Å²) in [6.45, 7) is 3.97. The molecule has 2 heterocycles. The van der Waals surface area contributed by atoms with E-state index < -0.39 is 6.04 Å². The monoisotopic (exact) mass is 332 g/mol. The minimum Gasteiger partial charge on any atom is -0.378 e. The Morgan fingerprint density at radius 3 is 2.12 bits per heavy atom. The Balaban J connectivity index is 1.59. The number of morpholine rings is 1. The predicted molar refractivity (Wildman–Crippen MR) is 85.7 cm³/mol. The summed E-state index contributed by atoms with van der Waals surface area (Å²) >= 11 is 0. The van der Waals surface area contributed by atoms with Gasteiger partial charge in [0.25, 0.3) is 0 Å². The van der Waals surface area contributed by atoms with Crippen molar-refractivity contribution in [3.05, 3.63) is 12.2 Å². The summed E-state index contributed by atoms with van der Waals surface area (Å²) < 4.78 is 5.29. The van der Waals surface area contributed by atoms with Crippen LogP contribution in [0.5, 0.6) is 0 Å². The topological polar surface area (TPSA) is 66.9 Å². The van der Waals surface area contributed by atoms with Gasteiger partial charge in [0.05, 0.1) is 25.0 Å². The zero-order chi connectivity index (χ0) is 16.8. The minimum atomic E-state index is -0.659. The van der Waals surface area contributed by atoms with E-state index in [1.807, 2.05) is 6.92 Å². The second kappa shape index (κ2) is 5.99. The van der Waals surface area contributed by atoms with Gasteiger partial charge in [0.1, 0.15) is 6.04 Å². The van der Waals surface area contributed by atoms with Crippen LogP contribution >= 0.6 is 0 Å². The number of carbonyl (C=O) groups is 3. The standard InChI is InChI=1S/C18H24N2O4/c1-2-13(16(21)19-7-9-24-10-8-19)20-17(22)14-11-3-4-12(6-5-11)15(14)18(20)23/h3-4,11-15H,2,5-10H2,1H3/t11-,12-,13+,14-,15+/m0/s1. The second-order valence-electron chi connectivity index (χ2n) is 7.25. The normalized spacial score (nSPS) is 36.2. The molecular weight excluding hydrogens is 308 g/mol. The maximum Gasteiger partial charge on any atom is 0.246 e. The zero-order valence-electron chi connectivity index (χ0n) is 14.0. The van der Waals surface area contributed by atoms with E-state index in [9.17, 15) is 14.4 Å². The van der Waals surface area contributed by atoms with E-state index in [-0.39, 0.29) is 41.4 Å². The molecule has 0 N–H and O–H groups in total. The van der Waals surface area contributed by atoms with Crippen molar-refractivity contribution in [2.24, 2.45) is 23.7 Å². The SMILES string of the molecule is CC[C@H](C(=O)N1CCOCC1)N1C(=O)[C@@H]2[C@H](C1=O)[C@H]1C=C[C@H]2CC1. The Kier molecular flexibility index (Phi) is 3.95. The van der Waals surface area contributed by atoms with Gasteiger partial charge in [-0.15, -0.1) is 0 Å². The lowest BCUT2D eigenvalue weighted by Crippen LogP contribution is -2.53. The highest BCUT2D eigenvalue weighted by molar-refractivity contribution is 6.09. The van der Waals surface area contributed by atoms with Crippen LogP contribution in [-0.2, 0) is 19.1 Å². The maximum absolute atomic E-state index is 13.0. The number of carbonyl (C=O) groups excluding carboxylic acids is 3. The molecule has 0 unspecified atom stereocenters. The summed E-state index contributed by atoms with van der Waals surface area (Å²) in [6.07, 6.45) is 6.63. The molecule has 130 valence electrons. The first-order valence-corrected chi connectivity index (χ1v) is 9.05. The average Bonchev–Trinajstić information content (AvgIpc) is 2.91. The third-order valence-corrected chi connectivity index (χ3v) is 6.10. The Morgan fingerprint density at radius 2 is 1.67 bits per heavy atom. The first kappa shape index (κ1) is 15.8. The molecule has 5 rings (SSSR count). The van der Waals surface area contributed by atoms with E-state index in [0.29, 0.717) is 32.7 Å². The highest BCUT2D eigenvalue weighted by Crippen LogP contribution is 2.50. The molecule has 3 aliphatic carbocycles. The fourth-order valence-corrected chi connectivity index (χ4v) is 4.87. The summed E-state index contributed by atoms with van der Waals surface area (Å²) in [7, 11) is 0. The molecule has 6 nitrogen and oxygen atoms in total. The van der Waals surface area contributed by atoms with Gasteiger partial charge in [-0.1, -0.05) is 19.1 Å². The van der Waals surface area contributed by atoms with Crippen molar-refractivity contribution in [2.75, 3.05) is 26.3 Å². The fraction of sp³-hybridized carbons (Fsp3) is 0.722. The van der Waals surface area contributed by atoms with E-state index in [1.54, 1.807) is 4.90 Å². The van der Waals surface area contributed by atoms with Gasteiger partial charge < -0.3 is 9.64 Å². The second-order valence-corrected chi connectivity index (χ2v) is 7.25. The van der Waals surface area contributed by atoms with Crippen molar-refractivity contribution >= 4 is 17.7 Å². The number of ether oxygens (including phenoxy) is 1. The molecule has 0 aromatic carbocycles. The predicted octanol–water partition coefficient (Wildman–Crippen LogP) is 0.821. The van der Waals surface area contributed by atoms with Crippen molar-refractivity contribution in [1.29, 1.82) is 0 Å². The van der Waals surface area contributed by atoms with Gasteiger partial charge in [-0.3, -0.25) is 19.3 Å². The van der Waals surface area contributed by atoms with Crippen molar-refractivity contribution in [3.8, 4) is 0 Å². The molecule has 0 aromatic heterocycles. The summed E-state index contributed by atoms with van der Waals surface area (Å²) in [5, 5.41) is 0. The molecule has 5 aliphatic rings. The first-order valence-electron chi connectivity index (χ1n) is 9.05. The van der Waals surface area contributed by atoms with Crippen LogP contribution in [0.4, 0.5) is 0 Å². The van der Waals surface area contributed by atoms with E-state index in [4.69, 9.17) is 4.74 Å². The number of allylic oxidation sites excluding steroid dienone is 2. The molecule has 3 amide bonds. The summed E-state index contributed by atoms with van der Waals surface area (Å²) in [4.78, 5) is 41.9. The Morgan fingerprint density at radius 1 is 1.12 bits per heavy atom. The molecule has 2 aliphatic heterocycles. The highest BCUT2D eigenvalue weighted by atomic mass is 16.5. The van der Waals surface area contributed by atoms with Gasteiger partial charge in [-0.05, 0) is 31.1 Å². The average molecular weight is 332 g/mol. The Labute approximate surface area is 141 Å². The van der Waals surface area contributed by atoms with Gasteiger partial charge in [0.2, 0.25) is 17.7 Å². The molecule has 5 atom stereocenters. The minimum absolute atomic E-state index is 0.110. The lowest BCUT2D eigenvalue weighted by atomic mass is 9.63. The van der Waals surface area contributed by atoms with E-state index in [1.165, 1.54) is 4.90 Å². The van der Waals surface area contributed by atoms with Crippen LogP contribution < -0.4 is 0 Å². The molecule has 0 radical (unpaired) electrons. The largest absolute Gasteiger partial charge is 0.378 e. The lowest BCUT2D eigenvalue weighted by molar-refractivity contribution is -0.153. The van der Waals surface area contributed by atoms with Crippen LogP contribution in [0.1, 0.15) is 26.2 Å². The smallest absolute Gasteiger partial charge is 0.246 e. The summed E-state index contributed by atoms with van der Waals surface area (Å²) in [6, 6.07) is -0.659. The van der Waals surface area contributed by atoms with Crippen LogP contribution in [0.25, 0.3) is 0 Å². The Hall–Kier alpha value is -1.69. The number of likely N-dealkylation sites (tertiary alicyclic amines) is 1. The van der Waals surface area contributed by atoms with E-state index in [2.05, 4.69) is 12.2 Å². The van der Waals surface area contributed by atoms with Crippen molar-refractivity contribution < 1.29 is 19.1 Å². The molecule has 1 saturated carbocycles. The number of fused-ring (bicyclic) bond motifs is 1. The van der Waals surface area contributed by atoms with Gasteiger partial charge in [0.15, 0.2) is 0 Å². The fourth-order valence-electron chi connectivity index (χ4n) is 4.87. The van der Waals surface area contributed by atoms with Gasteiger partial charge >= 0.3 is 0 Å². The maximum atomic E-state index is 13.0. The number of imide groups is 1. The number of rotatable bonds is 3. The molecular formula is C18H24N2O4. The van der Waals surface area contributed by atoms with Crippen molar-refractivity contribution in [3.63, 3.8) is 0 Å². The number of hydrogen-bond donors (Lipinski definition) is 0. The molecule has 24 heavy (non-hydrogen) atoms. The zero-order valence-corrected chi connectivity index (χ0v) is 14.0. The first-order chi connectivity index (χ1) is 11.6. The van der Waals surface area contributed by atoms with Gasteiger partial charge in [0, 0.05) is 13.1 Å². The number of hydrogen-bond acceptors (Lipinski definition) is 4. The molecule has 0 aromatic rings. The highest BCUT2D eigenvalue weighted by Gasteiger charge is 2.58. The van der Waals surface area contributed by atoms with Crippen LogP contribution in [0, 0.1) is 23.7 Å². The lowest BCUT2D eigenvalue weighted by Gasteiger charge is -2.38. The van der Waals surface area contributed by atoms with Crippen molar-refractivity contribution in [2.45, 2.75) is 32.2 Å². The van der Waals surface area contributed by atoms with Crippen molar-refractivity contribution in [1.82, 2.24) is 9.80 Å². The summed E-state index contributed by atoms with van der Waals surface area (Å²) in [5.41, 5.74) is 0. The van der Waals surface area contributed by atoms with E-state index in [0.717, 1.165) is 12.8 Å². The van der Waals surface area contributed by atoms with Crippen LogP contribution in [-0.4, -0.2) is 59.9 Å². The summed E-state index contributed by atoms with van der Waals surface area (Å²) in [5.74, 6) is -0.521. The van der Waals surface area contributed by atoms with Crippen LogP contribution in [0.15, 0.2) is 12.2 Å². The van der Waals surface area contributed by atoms with Crippen LogP contribution in [0.2, 0.25) is 0 Å². The van der Waals surface area contributed by atoms with Gasteiger partial charge in [-0.2, -0.15) is 0 Å². The number of nitrogens with zero attached hydrogens (tertiary/aromatic N) is 2. The molecule has 2 saturated heterocycles. The molecule has 3 fully saturated rings. The number of amides is 3. The molecule has 2 bridgehead atoms. The van der Waals surface area contributed by atoms with Gasteiger partial charge in [-0.25, -0.2) is 0 Å². The molecule has 0 spiro atoms. The quantitative estimate of drug-likeness (QED) is 0.567. The third kappa shape index (κ3) is 2.23. The van der Waals surface area contributed by atoms with E-state index >= 15 is 0 Å². The Bertz CT molecular complexity index is 564. The third-order valence-electron chi connectivity index (χ3n) is 6.10.